The molecule has 1 aliphatic rings. The first-order chi connectivity index (χ1) is 12.1. The fourth-order valence-electron chi connectivity index (χ4n) is 2.65. The lowest BCUT2D eigenvalue weighted by Gasteiger charge is -2.21. The highest BCUT2D eigenvalue weighted by Crippen LogP contribution is 2.29. The predicted octanol–water partition coefficient (Wildman–Crippen LogP) is 1.69. The Morgan fingerprint density at radius 3 is 2.88 bits per heavy atom. The molecule has 3 aromatic heterocycles. The second-order valence-electron chi connectivity index (χ2n) is 5.68. The molecule has 0 aliphatic carbocycles. The molecule has 3 amide bonds. The first-order valence-corrected chi connectivity index (χ1v) is 7.49. The average Bonchev–Trinajstić information content (AvgIpc) is 3.34. The summed E-state index contributed by atoms with van der Waals surface area (Å²) in [5.41, 5.74) is -0.590. The van der Waals surface area contributed by atoms with Crippen molar-refractivity contribution in [1.82, 2.24) is 25.3 Å². The third kappa shape index (κ3) is 2.45. The number of rotatable bonds is 4. The molecule has 0 spiro atoms. The smallest absolute Gasteiger partial charge is 0.325 e. The normalized spacial score (nSPS) is 20.1. The predicted molar refractivity (Wildman–Crippen MR) is 82.7 cm³/mol. The van der Waals surface area contributed by atoms with Crippen molar-refractivity contribution >= 4 is 11.9 Å². The molecule has 1 atom stereocenters. The molecule has 0 bridgehead atoms. The number of nitrogens with one attached hydrogen (secondary N) is 1. The van der Waals surface area contributed by atoms with Gasteiger partial charge in [-0.05, 0) is 25.1 Å². The Bertz CT molecular complexity index is 921. The summed E-state index contributed by atoms with van der Waals surface area (Å²) in [7, 11) is 0. The third-order valence-corrected chi connectivity index (χ3v) is 4.02. The maximum atomic E-state index is 12.8. The molecule has 1 saturated heterocycles. The number of carbonyl (C=O) groups excluding carboxylic acids is 2. The van der Waals surface area contributed by atoms with Gasteiger partial charge < -0.3 is 14.3 Å². The van der Waals surface area contributed by atoms with Crippen LogP contribution < -0.4 is 5.32 Å². The van der Waals surface area contributed by atoms with E-state index in [2.05, 4.69) is 20.4 Å². The van der Waals surface area contributed by atoms with Gasteiger partial charge >= 0.3 is 6.03 Å². The SMILES string of the molecule is CC1(c2cccnc2)NC(=O)N(Cc2nc(-c3ccco3)no2)C1=O. The lowest BCUT2D eigenvalue weighted by molar-refractivity contribution is -0.131. The highest BCUT2D eigenvalue weighted by Gasteiger charge is 2.49. The lowest BCUT2D eigenvalue weighted by atomic mass is 9.94. The minimum atomic E-state index is -1.19. The van der Waals surface area contributed by atoms with Gasteiger partial charge in [-0.15, -0.1) is 0 Å². The van der Waals surface area contributed by atoms with E-state index >= 15 is 0 Å². The van der Waals surface area contributed by atoms with Crippen LogP contribution in [0.15, 0.2) is 51.9 Å². The molecule has 4 heterocycles. The summed E-state index contributed by atoms with van der Waals surface area (Å²) in [4.78, 5) is 34.2. The summed E-state index contributed by atoms with van der Waals surface area (Å²) < 4.78 is 10.3. The van der Waals surface area contributed by atoms with Crippen molar-refractivity contribution in [1.29, 1.82) is 0 Å². The Balaban J connectivity index is 1.57. The first kappa shape index (κ1) is 15.1. The van der Waals surface area contributed by atoms with Crippen LogP contribution in [0.3, 0.4) is 0 Å². The Hall–Kier alpha value is -3.49. The van der Waals surface area contributed by atoms with Crippen molar-refractivity contribution in [3.63, 3.8) is 0 Å². The van der Waals surface area contributed by atoms with Gasteiger partial charge in [0.25, 0.3) is 5.91 Å². The van der Waals surface area contributed by atoms with Crippen molar-refractivity contribution in [2.75, 3.05) is 0 Å². The Morgan fingerprint density at radius 2 is 2.16 bits per heavy atom. The fraction of sp³-hybridized carbons (Fsp3) is 0.188. The van der Waals surface area contributed by atoms with Crippen LogP contribution >= 0.6 is 0 Å². The summed E-state index contributed by atoms with van der Waals surface area (Å²) in [6, 6.07) is 6.28. The molecule has 1 aliphatic heterocycles. The molecule has 0 radical (unpaired) electrons. The number of imide groups is 1. The molecule has 9 nitrogen and oxygen atoms in total. The largest absolute Gasteiger partial charge is 0.461 e. The van der Waals surface area contributed by atoms with Crippen molar-refractivity contribution in [2.24, 2.45) is 0 Å². The van der Waals surface area contributed by atoms with E-state index in [0.717, 1.165) is 4.90 Å². The van der Waals surface area contributed by atoms with Crippen LogP contribution in [0.25, 0.3) is 11.6 Å². The van der Waals surface area contributed by atoms with E-state index in [-0.39, 0.29) is 18.3 Å². The number of carbonyl (C=O) groups is 2. The number of pyridine rings is 1. The number of urea groups is 1. The second kappa shape index (κ2) is 5.55. The number of aromatic nitrogens is 3. The third-order valence-electron chi connectivity index (χ3n) is 4.02. The molecule has 126 valence electrons. The van der Waals surface area contributed by atoms with Crippen LogP contribution in [0.1, 0.15) is 18.4 Å². The zero-order chi connectivity index (χ0) is 17.4. The molecule has 4 rings (SSSR count). The van der Waals surface area contributed by atoms with E-state index in [9.17, 15) is 9.59 Å². The van der Waals surface area contributed by atoms with Crippen LogP contribution in [0.4, 0.5) is 4.79 Å². The Kier molecular flexibility index (Phi) is 3.34. The van der Waals surface area contributed by atoms with E-state index in [1.165, 1.54) is 6.26 Å². The maximum absolute atomic E-state index is 12.8. The second-order valence-corrected chi connectivity index (χ2v) is 5.68. The highest BCUT2D eigenvalue weighted by atomic mass is 16.5. The van der Waals surface area contributed by atoms with Gasteiger partial charge in [-0.3, -0.25) is 14.7 Å². The molecule has 9 heteroatoms. The Labute approximate surface area is 141 Å². The van der Waals surface area contributed by atoms with Crippen LogP contribution in [-0.4, -0.2) is 32.0 Å². The van der Waals surface area contributed by atoms with Crippen molar-refractivity contribution < 1.29 is 18.5 Å². The van der Waals surface area contributed by atoms with E-state index < -0.39 is 17.5 Å². The fourth-order valence-corrected chi connectivity index (χ4v) is 2.65. The average molecular weight is 339 g/mol. The van der Waals surface area contributed by atoms with Crippen LogP contribution in [0.2, 0.25) is 0 Å². The summed E-state index contributed by atoms with van der Waals surface area (Å²) in [5.74, 6) is 0.406. The minimum Gasteiger partial charge on any atom is -0.461 e. The summed E-state index contributed by atoms with van der Waals surface area (Å²) >= 11 is 0. The standard InChI is InChI=1S/C16H13N5O4/c1-16(10-4-2-6-17-8-10)14(22)21(15(23)19-16)9-12-18-13(20-25-12)11-5-3-7-24-11/h2-8H,9H2,1H3,(H,19,23). The first-order valence-electron chi connectivity index (χ1n) is 7.49. The van der Waals surface area contributed by atoms with Gasteiger partial charge in [-0.1, -0.05) is 11.2 Å². The highest BCUT2D eigenvalue weighted by molar-refractivity contribution is 6.07. The zero-order valence-electron chi connectivity index (χ0n) is 13.2. The van der Waals surface area contributed by atoms with Gasteiger partial charge in [-0.2, -0.15) is 4.98 Å². The Morgan fingerprint density at radius 1 is 1.28 bits per heavy atom. The summed E-state index contributed by atoms with van der Waals surface area (Å²) in [5, 5.41) is 6.48. The van der Waals surface area contributed by atoms with Crippen molar-refractivity contribution in [3.8, 4) is 11.6 Å². The topological polar surface area (TPSA) is 114 Å². The van der Waals surface area contributed by atoms with Gasteiger partial charge in [0.2, 0.25) is 11.7 Å². The summed E-state index contributed by atoms with van der Waals surface area (Å²) in [6.07, 6.45) is 4.63. The minimum absolute atomic E-state index is 0.130. The molecule has 1 N–H and O–H groups in total. The molecule has 0 saturated carbocycles. The van der Waals surface area contributed by atoms with Gasteiger partial charge in [0.05, 0.1) is 6.26 Å². The number of hydrogen-bond acceptors (Lipinski definition) is 7. The summed E-state index contributed by atoms with van der Waals surface area (Å²) in [6.45, 7) is 1.50. The molecular formula is C16H13N5O4. The van der Waals surface area contributed by atoms with Gasteiger partial charge in [0, 0.05) is 18.0 Å². The maximum Gasteiger partial charge on any atom is 0.325 e. The number of hydrogen-bond donors (Lipinski definition) is 1. The van der Waals surface area contributed by atoms with Crippen molar-refractivity contribution in [2.45, 2.75) is 19.0 Å². The number of furan rings is 1. The zero-order valence-corrected chi connectivity index (χ0v) is 13.2. The van der Waals surface area contributed by atoms with E-state index in [4.69, 9.17) is 8.94 Å². The molecule has 25 heavy (non-hydrogen) atoms. The van der Waals surface area contributed by atoms with E-state index in [1.807, 2.05) is 0 Å². The van der Waals surface area contributed by atoms with Gasteiger partial charge in [-0.25, -0.2) is 4.79 Å². The number of amides is 3. The van der Waals surface area contributed by atoms with Crippen LogP contribution in [-0.2, 0) is 16.9 Å². The molecule has 0 aromatic carbocycles. The molecule has 1 unspecified atom stereocenters. The van der Waals surface area contributed by atoms with Gasteiger partial charge in [0.1, 0.15) is 12.1 Å². The molecular weight excluding hydrogens is 326 g/mol. The number of nitrogens with zero attached hydrogens (tertiary/aromatic N) is 4. The van der Waals surface area contributed by atoms with Crippen LogP contribution in [0, 0.1) is 0 Å². The molecule has 1 fully saturated rings. The molecule has 3 aromatic rings. The van der Waals surface area contributed by atoms with Gasteiger partial charge in [0.15, 0.2) is 5.76 Å². The van der Waals surface area contributed by atoms with Crippen LogP contribution in [0.5, 0.6) is 0 Å². The monoisotopic (exact) mass is 339 g/mol. The van der Waals surface area contributed by atoms with E-state index in [0.29, 0.717) is 11.3 Å². The van der Waals surface area contributed by atoms with Crippen molar-refractivity contribution in [3.05, 3.63) is 54.4 Å². The lowest BCUT2D eigenvalue weighted by Crippen LogP contribution is -2.40. The quantitative estimate of drug-likeness (QED) is 0.719. The van der Waals surface area contributed by atoms with E-state index in [1.54, 1.807) is 43.6 Å².